The molecule has 0 saturated carbocycles. The Morgan fingerprint density at radius 3 is 2.29 bits per heavy atom. The lowest BCUT2D eigenvalue weighted by atomic mass is 10.0. The molecule has 0 N–H and O–H groups in total. The Kier molecular flexibility index (Phi) is 6.12. The Labute approximate surface area is 168 Å². The van der Waals surface area contributed by atoms with Gasteiger partial charge in [-0.05, 0) is 61.4 Å². The Balaban J connectivity index is 1.63. The maximum absolute atomic E-state index is 12.5. The molecule has 0 bridgehead atoms. The van der Waals surface area contributed by atoms with Crippen molar-refractivity contribution in [2.75, 3.05) is 6.61 Å². The van der Waals surface area contributed by atoms with Gasteiger partial charge in [-0.2, -0.15) is 0 Å². The molecule has 142 valence electrons. The van der Waals surface area contributed by atoms with E-state index in [0.717, 1.165) is 5.56 Å². The maximum Gasteiger partial charge on any atom is 0.349 e. The average molecular weight is 395 g/mol. The van der Waals surface area contributed by atoms with Gasteiger partial charge < -0.3 is 9.47 Å². The molecule has 0 fully saturated rings. The molecular formula is C23H19ClO4. The molecule has 28 heavy (non-hydrogen) atoms. The molecule has 0 heterocycles. The van der Waals surface area contributed by atoms with Crippen LogP contribution in [0.2, 0.25) is 5.02 Å². The zero-order chi connectivity index (χ0) is 20.1. The number of carbonyl (C=O) groups excluding carboxylic acids is 2. The molecule has 5 heteroatoms. The average Bonchev–Trinajstić information content (AvgIpc) is 2.70. The van der Waals surface area contributed by atoms with Crippen LogP contribution in [0, 0.1) is 13.8 Å². The largest absolute Gasteiger partial charge is 0.482 e. The van der Waals surface area contributed by atoms with E-state index in [9.17, 15) is 9.59 Å². The van der Waals surface area contributed by atoms with Gasteiger partial charge in [0.25, 0.3) is 0 Å². The number of benzene rings is 3. The summed E-state index contributed by atoms with van der Waals surface area (Å²) in [5.41, 5.74) is 2.70. The lowest BCUT2D eigenvalue weighted by Gasteiger charge is -2.10. The second-order valence-electron chi connectivity index (χ2n) is 6.35. The number of halogens is 1. The molecule has 0 amide bonds. The van der Waals surface area contributed by atoms with Gasteiger partial charge in [0, 0.05) is 16.1 Å². The van der Waals surface area contributed by atoms with E-state index in [1.165, 1.54) is 0 Å². The summed E-state index contributed by atoms with van der Waals surface area (Å²) >= 11 is 5.97. The van der Waals surface area contributed by atoms with Crippen molar-refractivity contribution in [3.05, 3.63) is 94.0 Å². The fraction of sp³-hybridized carbons (Fsp3) is 0.130. The first-order chi connectivity index (χ1) is 13.4. The minimum Gasteiger partial charge on any atom is -0.482 e. The molecule has 0 aliphatic heterocycles. The Morgan fingerprint density at radius 1 is 0.857 bits per heavy atom. The minimum atomic E-state index is -0.530. The number of carbonyl (C=O) groups is 2. The van der Waals surface area contributed by atoms with Crippen molar-refractivity contribution in [3.8, 4) is 11.5 Å². The minimum absolute atomic E-state index is 0.0805. The van der Waals surface area contributed by atoms with Gasteiger partial charge in [0.1, 0.15) is 11.5 Å². The highest BCUT2D eigenvalue weighted by atomic mass is 35.5. The summed E-state index contributed by atoms with van der Waals surface area (Å²) in [4.78, 5) is 24.6. The molecule has 4 nitrogen and oxygen atoms in total. The highest BCUT2D eigenvalue weighted by Crippen LogP contribution is 2.23. The number of hydrogen-bond donors (Lipinski definition) is 0. The molecule has 0 unspecified atom stereocenters. The van der Waals surface area contributed by atoms with Gasteiger partial charge in [-0.15, -0.1) is 0 Å². The van der Waals surface area contributed by atoms with Crippen molar-refractivity contribution >= 4 is 23.4 Å². The predicted molar refractivity (Wildman–Crippen MR) is 108 cm³/mol. The smallest absolute Gasteiger partial charge is 0.349 e. The second-order valence-corrected chi connectivity index (χ2v) is 6.76. The summed E-state index contributed by atoms with van der Waals surface area (Å²) in [5, 5.41) is 0.635. The SMILES string of the molecule is Cc1cc(OCC(=O)Oc2ccc(C(=O)c3ccccc3)cc2C)ccc1Cl. The topological polar surface area (TPSA) is 52.6 Å². The predicted octanol–water partition coefficient (Wildman–Crippen LogP) is 5.17. The van der Waals surface area contributed by atoms with Crippen LogP contribution in [0.15, 0.2) is 66.7 Å². The Bertz CT molecular complexity index is 1010. The van der Waals surface area contributed by atoms with Crippen LogP contribution in [0.25, 0.3) is 0 Å². The number of esters is 1. The third kappa shape index (κ3) is 4.78. The number of ketones is 1. The number of ether oxygens (including phenoxy) is 2. The van der Waals surface area contributed by atoms with Gasteiger partial charge in [-0.25, -0.2) is 4.79 Å². The van der Waals surface area contributed by atoms with Crippen LogP contribution < -0.4 is 9.47 Å². The third-order valence-corrected chi connectivity index (χ3v) is 4.61. The Hall–Kier alpha value is -3.11. The summed E-state index contributed by atoms with van der Waals surface area (Å²) in [6.45, 7) is 3.41. The first-order valence-corrected chi connectivity index (χ1v) is 9.12. The number of rotatable bonds is 6. The van der Waals surface area contributed by atoms with Gasteiger partial charge >= 0.3 is 5.97 Å². The highest BCUT2D eigenvalue weighted by Gasteiger charge is 2.13. The van der Waals surface area contributed by atoms with E-state index in [0.29, 0.717) is 33.2 Å². The standard InChI is InChI=1S/C23H19ClO4/c1-15-13-19(9-10-20(15)24)27-14-22(25)28-21-11-8-18(12-16(21)2)23(26)17-6-4-3-5-7-17/h3-13H,14H2,1-2H3. The first-order valence-electron chi connectivity index (χ1n) is 8.74. The van der Waals surface area contributed by atoms with Crippen LogP contribution in [0.3, 0.4) is 0 Å². The van der Waals surface area contributed by atoms with E-state index < -0.39 is 5.97 Å². The maximum atomic E-state index is 12.5. The van der Waals surface area contributed by atoms with Gasteiger partial charge in [0.2, 0.25) is 0 Å². The van der Waals surface area contributed by atoms with E-state index in [4.69, 9.17) is 21.1 Å². The molecule has 0 atom stereocenters. The summed E-state index contributed by atoms with van der Waals surface area (Å²) in [7, 11) is 0. The van der Waals surface area contributed by atoms with Crippen LogP contribution >= 0.6 is 11.6 Å². The third-order valence-electron chi connectivity index (χ3n) is 4.18. The monoisotopic (exact) mass is 394 g/mol. The molecule has 3 aromatic rings. The van der Waals surface area contributed by atoms with Crippen molar-refractivity contribution in [1.82, 2.24) is 0 Å². The van der Waals surface area contributed by atoms with Crippen molar-refractivity contribution in [2.24, 2.45) is 0 Å². The molecule has 0 spiro atoms. The van der Waals surface area contributed by atoms with E-state index in [1.807, 2.05) is 25.1 Å². The van der Waals surface area contributed by atoms with Crippen molar-refractivity contribution in [3.63, 3.8) is 0 Å². The van der Waals surface area contributed by atoms with Crippen LogP contribution in [0.4, 0.5) is 0 Å². The van der Waals surface area contributed by atoms with E-state index in [2.05, 4.69) is 0 Å². The van der Waals surface area contributed by atoms with Crippen molar-refractivity contribution < 1.29 is 19.1 Å². The van der Waals surface area contributed by atoms with Crippen LogP contribution in [-0.2, 0) is 4.79 Å². The first kappa shape index (κ1) is 19.6. The zero-order valence-electron chi connectivity index (χ0n) is 15.6. The summed E-state index contributed by atoms with van der Waals surface area (Å²) in [5.74, 6) is 0.325. The number of aryl methyl sites for hydroxylation is 2. The fourth-order valence-corrected chi connectivity index (χ4v) is 2.78. The van der Waals surface area contributed by atoms with Gasteiger partial charge in [-0.3, -0.25) is 4.79 Å². The van der Waals surface area contributed by atoms with Crippen LogP contribution in [0.5, 0.6) is 11.5 Å². The van der Waals surface area contributed by atoms with Gasteiger partial charge in [0.05, 0.1) is 0 Å². The summed E-state index contributed by atoms with van der Waals surface area (Å²) in [6, 6.07) is 19.2. The van der Waals surface area contributed by atoms with Gasteiger partial charge in [-0.1, -0.05) is 41.9 Å². The normalized spacial score (nSPS) is 10.4. The molecule has 0 aliphatic rings. The molecule has 0 aromatic heterocycles. The quantitative estimate of drug-likeness (QED) is 0.328. The molecule has 3 rings (SSSR count). The molecule has 0 saturated heterocycles. The lowest BCUT2D eigenvalue weighted by molar-refractivity contribution is -0.136. The lowest BCUT2D eigenvalue weighted by Crippen LogP contribution is -2.18. The summed E-state index contributed by atoms with van der Waals surface area (Å²) in [6.07, 6.45) is 0. The van der Waals surface area contributed by atoms with E-state index in [1.54, 1.807) is 55.5 Å². The Morgan fingerprint density at radius 2 is 1.61 bits per heavy atom. The summed E-state index contributed by atoms with van der Waals surface area (Å²) < 4.78 is 10.8. The van der Waals surface area contributed by atoms with Crippen molar-refractivity contribution in [1.29, 1.82) is 0 Å². The molecule has 0 radical (unpaired) electrons. The van der Waals surface area contributed by atoms with Crippen LogP contribution in [-0.4, -0.2) is 18.4 Å². The second kappa shape index (κ2) is 8.72. The zero-order valence-corrected chi connectivity index (χ0v) is 16.3. The molecule has 0 aliphatic carbocycles. The van der Waals surface area contributed by atoms with E-state index in [-0.39, 0.29) is 12.4 Å². The van der Waals surface area contributed by atoms with Crippen molar-refractivity contribution in [2.45, 2.75) is 13.8 Å². The number of hydrogen-bond acceptors (Lipinski definition) is 4. The fourth-order valence-electron chi connectivity index (χ4n) is 2.66. The molecular weight excluding hydrogens is 376 g/mol. The van der Waals surface area contributed by atoms with Gasteiger partial charge in [0.15, 0.2) is 12.4 Å². The highest BCUT2D eigenvalue weighted by molar-refractivity contribution is 6.31. The van der Waals surface area contributed by atoms with Crippen LogP contribution in [0.1, 0.15) is 27.0 Å². The molecule has 3 aromatic carbocycles. The van der Waals surface area contributed by atoms with E-state index >= 15 is 0 Å².